The maximum atomic E-state index is 4.40. The van der Waals surface area contributed by atoms with Crippen molar-refractivity contribution >= 4 is 22.7 Å². The number of rotatable bonds is 4. The first kappa shape index (κ1) is 12.0. The fourth-order valence-corrected chi connectivity index (χ4v) is 2.64. The van der Waals surface area contributed by atoms with Gasteiger partial charge in [0.2, 0.25) is 0 Å². The number of thioether (sulfide) groups is 1. The Hall–Kier alpha value is -2.07. The molecule has 0 aliphatic rings. The van der Waals surface area contributed by atoms with Crippen molar-refractivity contribution in [3.8, 4) is 5.69 Å². The standard InChI is InChI=1S/C15H13N3S/c1-2-10-19-12-4-5-14-13(11-12)15(6-8-16-14)18-9-3-7-17-18/h2-9,11H,1,10H2. The van der Waals surface area contributed by atoms with E-state index in [-0.39, 0.29) is 0 Å². The van der Waals surface area contributed by atoms with Crippen LogP contribution in [0.1, 0.15) is 0 Å². The van der Waals surface area contributed by atoms with Gasteiger partial charge in [0.25, 0.3) is 0 Å². The summed E-state index contributed by atoms with van der Waals surface area (Å²) in [7, 11) is 0. The largest absolute Gasteiger partial charge is 0.256 e. The monoisotopic (exact) mass is 267 g/mol. The highest BCUT2D eigenvalue weighted by Gasteiger charge is 2.05. The highest BCUT2D eigenvalue weighted by atomic mass is 32.2. The molecule has 94 valence electrons. The van der Waals surface area contributed by atoms with Crippen molar-refractivity contribution in [1.29, 1.82) is 0 Å². The third-order valence-electron chi connectivity index (χ3n) is 2.81. The molecule has 0 spiro atoms. The molecule has 0 amide bonds. The zero-order chi connectivity index (χ0) is 13.1. The van der Waals surface area contributed by atoms with E-state index in [2.05, 4.69) is 28.8 Å². The van der Waals surface area contributed by atoms with Crippen molar-refractivity contribution in [1.82, 2.24) is 14.8 Å². The first-order chi connectivity index (χ1) is 9.38. The van der Waals surface area contributed by atoms with Crippen LogP contribution in [0.2, 0.25) is 0 Å². The second-order valence-electron chi connectivity index (χ2n) is 4.06. The quantitative estimate of drug-likeness (QED) is 0.533. The molecule has 2 heterocycles. The Labute approximate surface area is 116 Å². The normalized spacial score (nSPS) is 10.7. The molecule has 3 aromatic rings. The van der Waals surface area contributed by atoms with E-state index in [0.717, 1.165) is 22.3 Å². The molecule has 2 aromatic heterocycles. The number of aromatic nitrogens is 3. The minimum absolute atomic E-state index is 0.906. The Morgan fingerprint density at radius 2 is 2.21 bits per heavy atom. The molecule has 4 heteroatoms. The number of fused-ring (bicyclic) bond motifs is 1. The van der Waals surface area contributed by atoms with Gasteiger partial charge in [-0.3, -0.25) is 4.98 Å². The average molecular weight is 267 g/mol. The lowest BCUT2D eigenvalue weighted by atomic mass is 10.2. The highest BCUT2D eigenvalue weighted by molar-refractivity contribution is 7.99. The maximum Gasteiger partial charge on any atom is 0.0755 e. The average Bonchev–Trinajstić information content (AvgIpc) is 2.98. The summed E-state index contributed by atoms with van der Waals surface area (Å²) in [6.45, 7) is 3.75. The molecule has 3 nitrogen and oxygen atoms in total. The third kappa shape index (κ3) is 2.39. The zero-order valence-corrected chi connectivity index (χ0v) is 11.2. The summed E-state index contributed by atoms with van der Waals surface area (Å²) in [5, 5.41) is 5.41. The molecule has 0 atom stereocenters. The predicted molar refractivity (Wildman–Crippen MR) is 79.8 cm³/mol. The van der Waals surface area contributed by atoms with E-state index in [1.807, 2.05) is 41.4 Å². The fraction of sp³-hybridized carbons (Fsp3) is 0.0667. The van der Waals surface area contributed by atoms with Crippen molar-refractivity contribution in [3.63, 3.8) is 0 Å². The van der Waals surface area contributed by atoms with E-state index in [0.29, 0.717) is 0 Å². The molecule has 0 unspecified atom stereocenters. The lowest BCUT2D eigenvalue weighted by Gasteiger charge is -2.07. The van der Waals surface area contributed by atoms with Gasteiger partial charge in [-0.2, -0.15) is 5.10 Å². The van der Waals surface area contributed by atoms with Gasteiger partial charge in [-0.15, -0.1) is 18.3 Å². The van der Waals surface area contributed by atoms with E-state index in [1.165, 1.54) is 4.90 Å². The first-order valence-electron chi connectivity index (χ1n) is 6.01. The van der Waals surface area contributed by atoms with Crippen LogP contribution in [0.25, 0.3) is 16.6 Å². The molecule has 0 fully saturated rings. The molecule has 0 aliphatic heterocycles. The lowest BCUT2D eigenvalue weighted by Crippen LogP contribution is -1.96. The van der Waals surface area contributed by atoms with E-state index >= 15 is 0 Å². The molecule has 0 saturated heterocycles. The SMILES string of the molecule is C=CCSc1ccc2nccc(-n3cccn3)c2c1. The van der Waals surface area contributed by atoms with Gasteiger partial charge in [-0.1, -0.05) is 6.08 Å². The zero-order valence-electron chi connectivity index (χ0n) is 10.4. The Morgan fingerprint density at radius 1 is 1.26 bits per heavy atom. The van der Waals surface area contributed by atoms with Crippen LogP contribution in [0.4, 0.5) is 0 Å². The van der Waals surface area contributed by atoms with E-state index in [9.17, 15) is 0 Å². The van der Waals surface area contributed by atoms with Gasteiger partial charge in [0, 0.05) is 34.6 Å². The maximum absolute atomic E-state index is 4.40. The summed E-state index contributed by atoms with van der Waals surface area (Å²) in [5.74, 6) is 0.906. The van der Waals surface area contributed by atoms with Crippen LogP contribution >= 0.6 is 11.8 Å². The van der Waals surface area contributed by atoms with Crippen molar-refractivity contribution in [3.05, 3.63) is 61.6 Å². The van der Waals surface area contributed by atoms with Crippen molar-refractivity contribution in [2.45, 2.75) is 4.90 Å². The summed E-state index contributed by atoms with van der Waals surface area (Å²) in [6, 6.07) is 10.2. The van der Waals surface area contributed by atoms with Crippen LogP contribution in [0, 0.1) is 0 Å². The van der Waals surface area contributed by atoms with E-state index in [4.69, 9.17) is 0 Å². The van der Waals surface area contributed by atoms with Gasteiger partial charge in [0.05, 0.1) is 11.2 Å². The van der Waals surface area contributed by atoms with Gasteiger partial charge < -0.3 is 0 Å². The fourth-order valence-electron chi connectivity index (χ4n) is 1.97. The van der Waals surface area contributed by atoms with Crippen LogP contribution in [0.3, 0.4) is 0 Å². The molecule has 0 aliphatic carbocycles. The topological polar surface area (TPSA) is 30.7 Å². The van der Waals surface area contributed by atoms with Gasteiger partial charge in [0.1, 0.15) is 0 Å². The summed E-state index contributed by atoms with van der Waals surface area (Å²) < 4.78 is 1.87. The number of nitrogens with zero attached hydrogens (tertiary/aromatic N) is 3. The van der Waals surface area contributed by atoms with Crippen LogP contribution in [0.15, 0.2) is 66.5 Å². The number of hydrogen-bond donors (Lipinski definition) is 0. The van der Waals surface area contributed by atoms with Crippen LogP contribution in [-0.2, 0) is 0 Å². The summed E-state index contributed by atoms with van der Waals surface area (Å²) >= 11 is 1.77. The first-order valence-corrected chi connectivity index (χ1v) is 6.99. The van der Waals surface area contributed by atoms with Gasteiger partial charge >= 0.3 is 0 Å². The lowest BCUT2D eigenvalue weighted by molar-refractivity contribution is 0.886. The molecule has 19 heavy (non-hydrogen) atoms. The molecule has 0 bridgehead atoms. The Kier molecular flexibility index (Phi) is 3.33. The number of pyridine rings is 1. The Balaban J connectivity index is 2.14. The number of hydrogen-bond acceptors (Lipinski definition) is 3. The molecule has 0 radical (unpaired) electrons. The van der Waals surface area contributed by atoms with E-state index < -0.39 is 0 Å². The smallest absolute Gasteiger partial charge is 0.0755 e. The van der Waals surface area contributed by atoms with Crippen molar-refractivity contribution in [2.75, 3.05) is 5.75 Å². The summed E-state index contributed by atoms with van der Waals surface area (Å²) in [4.78, 5) is 5.62. The minimum atomic E-state index is 0.906. The van der Waals surface area contributed by atoms with Crippen molar-refractivity contribution in [2.24, 2.45) is 0 Å². The van der Waals surface area contributed by atoms with Gasteiger partial charge in [-0.05, 0) is 30.3 Å². The Bertz CT molecular complexity index is 704. The highest BCUT2D eigenvalue weighted by Crippen LogP contribution is 2.26. The second kappa shape index (κ2) is 5.28. The Morgan fingerprint density at radius 3 is 3.00 bits per heavy atom. The third-order valence-corrected chi connectivity index (χ3v) is 3.80. The number of benzene rings is 1. The molecule has 0 N–H and O–H groups in total. The molecule has 0 saturated carbocycles. The summed E-state index contributed by atoms with van der Waals surface area (Å²) in [5.41, 5.74) is 2.03. The molecular formula is C15H13N3S. The summed E-state index contributed by atoms with van der Waals surface area (Å²) in [6.07, 6.45) is 7.45. The van der Waals surface area contributed by atoms with Gasteiger partial charge in [0.15, 0.2) is 0 Å². The van der Waals surface area contributed by atoms with Crippen LogP contribution in [0.5, 0.6) is 0 Å². The second-order valence-corrected chi connectivity index (χ2v) is 5.15. The predicted octanol–water partition coefficient (Wildman–Crippen LogP) is 3.70. The van der Waals surface area contributed by atoms with Gasteiger partial charge in [-0.25, -0.2) is 4.68 Å². The molecular weight excluding hydrogens is 254 g/mol. The van der Waals surface area contributed by atoms with E-state index in [1.54, 1.807) is 18.0 Å². The van der Waals surface area contributed by atoms with Crippen LogP contribution in [-0.4, -0.2) is 20.5 Å². The van der Waals surface area contributed by atoms with Crippen LogP contribution < -0.4 is 0 Å². The molecule has 1 aromatic carbocycles. The minimum Gasteiger partial charge on any atom is -0.256 e. The molecule has 3 rings (SSSR count). The van der Waals surface area contributed by atoms with Crippen molar-refractivity contribution < 1.29 is 0 Å².